The van der Waals surface area contributed by atoms with Crippen molar-refractivity contribution in [1.29, 1.82) is 0 Å². The average Bonchev–Trinajstić information content (AvgIpc) is 3.05. The van der Waals surface area contributed by atoms with Gasteiger partial charge >= 0.3 is 0 Å². The van der Waals surface area contributed by atoms with E-state index in [1.165, 1.54) is 31.2 Å². The summed E-state index contributed by atoms with van der Waals surface area (Å²) in [4.78, 5) is 0. The smallest absolute Gasteiger partial charge is 0.0458 e. The fourth-order valence-electron chi connectivity index (χ4n) is 3.64. The molecule has 0 atom stereocenters. The van der Waals surface area contributed by atoms with Crippen molar-refractivity contribution in [2.75, 3.05) is 6.54 Å². The van der Waals surface area contributed by atoms with Gasteiger partial charge in [-0.15, -0.1) is 0 Å². The van der Waals surface area contributed by atoms with Crippen LogP contribution in [0.1, 0.15) is 45.1 Å². The molecule has 2 fully saturated rings. The van der Waals surface area contributed by atoms with Crippen LogP contribution >= 0.6 is 23.2 Å². The van der Waals surface area contributed by atoms with Crippen molar-refractivity contribution in [2.24, 2.45) is 5.41 Å². The summed E-state index contributed by atoms with van der Waals surface area (Å²) in [6, 6.07) is 6.49. The van der Waals surface area contributed by atoms with Crippen LogP contribution in [0.4, 0.5) is 0 Å². The summed E-state index contributed by atoms with van der Waals surface area (Å²) in [5, 5.41) is 5.15. The first-order valence-electron chi connectivity index (χ1n) is 7.14. The molecule has 0 aliphatic heterocycles. The lowest BCUT2D eigenvalue weighted by Gasteiger charge is -2.50. The minimum atomic E-state index is 0.225. The highest BCUT2D eigenvalue weighted by Gasteiger charge is 2.61. The summed E-state index contributed by atoms with van der Waals surface area (Å²) in [6.45, 7) is 5.42. The SMILES string of the molecule is CC(C)NCC1(c2ccc(Cl)cc2Cl)CC2(CC2)C1. The molecule has 19 heavy (non-hydrogen) atoms. The summed E-state index contributed by atoms with van der Waals surface area (Å²) in [5.41, 5.74) is 2.16. The molecule has 3 heteroatoms. The molecule has 3 rings (SSSR count). The van der Waals surface area contributed by atoms with Crippen LogP contribution in [0.25, 0.3) is 0 Å². The molecule has 2 aliphatic rings. The Morgan fingerprint density at radius 1 is 1.21 bits per heavy atom. The second kappa shape index (κ2) is 4.65. The average molecular weight is 298 g/mol. The molecule has 0 aromatic heterocycles. The summed E-state index contributed by atoms with van der Waals surface area (Å²) in [6.07, 6.45) is 5.37. The Balaban J connectivity index is 1.86. The molecule has 0 heterocycles. The van der Waals surface area contributed by atoms with E-state index < -0.39 is 0 Å². The number of nitrogens with one attached hydrogen (secondary N) is 1. The fourth-order valence-corrected chi connectivity index (χ4v) is 4.25. The second-order valence-corrected chi connectivity index (χ2v) is 7.64. The molecule has 2 aliphatic carbocycles. The highest BCUT2D eigenvalue weighted by molar-refractivity contribution is 6.35. The van der Waals surface area contributed by atoms with E-state index in [1.807, 2.05) is 12.1 Å². The van der Waals surface area contributed by atoms with Gasteiger partial charge in [0.05, 0.1) is 0 Å². The first kappa shape index (κ1) is 13.7. The highest BCUT2D eigenvalue weighted by Crippen LogP contribution is 2.69. The summed E-state index contributed by atoms with van der Waals surface area (Å²) in [7, 11) is 0. The molecule has 0 amide bonds. The Kier molecular flexibility index (Phi) is 3.36. The third kappa shape index (κ3) is 2.53. The van der Waals surface area contributed by atoms with Crippen LogP contribution in [0.3, 0.4) is 0 Å². The predicted octanol–water partition coefficient (Wildman–Crippen LogP) is 4.80. The minimum Gasteiger partial charge on any atom is -0.314 e. The van der Waals surface area contributed by atoms with Crippen LogP contribution in [-0.2, 0) is 5.41 Å². The van der Waals surface area contributed by atoms with Crippen molar-refractivity contribution in [3.8, 4) is 0 Å². The van der Waals surface area contributed by atoms with Gasteiger partial charge in [-0.1, -0.05) is 43.1 Å². The topological polar surface area (TPSA) is 12.0 Å². The molecule has 0 saturated heterocycles. The standard InChI is InChI=1S/C16H21Cl2N/c1-11(2)19-10-16(8-15(9-16)5-6-15)13-4-3-12(17)7-14(13)18/h3-4,7,11,19H,5-6,8-10H2,1-2H3. The van der Waals surface area contributed by atoms with Gasteiger partial charge in [0.15, 0.2) is 0 Å². The Bertz CT molecular complexity index is 484. The number of hydrogen-bond donors (Lipinski definition) is 1. The Labute approximate surface area is 125 Å². The van der Waals surface area contributed by atoms with Crippen molar-refractivity contribution in [1.82, 2.24) is 5.32 Å². The van der Waals surface area contributed by atoms with Crippen LogP contribution in [0, 0.1) is 5.41 Å². The lowest BCUT2D eigenvalue weighted by Crippen LogP contribution is -2.51. The zero-order chi connectivity index (χ0) is 13.7. The molecule has 0 bridgehead atoms. The lowest BCUT2D eigenvalue weighted by molar-refractivity contribution is 0.114. The van der Waals surface area contributed by atoms with Crippen LogP contribution in [0.15, 0.2) is 18.2 Å². The normalized spacial score (nSPS) is 22.6. The molecule has 1 spiro atoms. The van der Waals surface area contributed by atoms with E-state index in [0.29, 0.717) is 11.5 Å². The maximum absolute atomic E-state index is 6.44. The second-order valence-electron chi connectivity index (χ2n) is 6.79. The molecule has 1 aromatic rings. The summed E-state index contributed by atoms with van der Waals surface area (Å²) in [5.74, 6) is 0. The monoisotopic (exact) mass is 297 g/mol. The van der Waals surface area contributed by atoms with Crippen LogP contribution < -0.4 is 5.32 Å². The predicted molar refractivity (Wildman–Crippen MR) is 82.2 cm³/mol. The van der Waals surface area contributed by atoms with Crippen molar-refractivity contribution < 1.29 is 0 Å². The van der Waals surface area contributed by atoms with E-state index in [-0.39, 0.29) is 5.41 Å². The zero-order valence-electron chi connectivity index (χ0n) is 11.6. The van der Waals surface area contributed by atoms with Gasteiger partial charge in [-0.05, 0) is 48.8 Å². The fraction of sp³-hybridized carbons (Fsp3) is 0.625. The summed E-state index contributed by atoms with van der Waals surface area (Å²) < 4.78 is 0. The molecule has 1 aromatic carbocycles. The number of benzene rings is 1. The van der Waals surface area contributed by atoms with E-state index in [4.69, 9.17) is 23.2 Å². The maximum atomic E-state index is 6.44. The first-order chi connectivity index (χ1) is 8.95. The van der Waals surface area contributed by atoms with Gasteiger partial charge in [-0.25, -0.2) is 0 Å². The molecule has 1 N–H and O–H groups in total. The minimum absolute atomic E-state index is 0.225. The molecule has 1 nitrogen and oxygen atoms in total. The largest absolute Gasteiger partial charge is 0.314 e. The molecule has 0 unspecified atom stereocenters. The van der Waals surface area contributed by atoms with Crippen molar-refractivity contribution >= 4 is 23.2 Å². The molecule has 0 radical (unpaired) electrons. The lowest BCUT2D eigenvalue weighted by atomic mass is 9.56. The van der Waals surface area contributed by atoms with Crippen LogP contribution in [0.5, 0.6) is 0 Å². The molecule has 104 valence electrons. The third-order valence-electron chi connectivity index (χ3n) is 4.74. The third-order valence-corrected chi connectivity index (χ3v) is 5.28. The quantitative estimate of drug-likeness (QED) is 0.841. The number of rotatable bonds is 4. The van der Waals surface area contributed by atoms with E-state index >= 15 is 0 Å². The van der Waals surface area contributed by atoms with E-state index in [0.717, 1.165) is 16.6 Å². The number of hydrogen-bond acceptors (Lipinski definition) is 1. The van der Waals surface area contributed by atoms with E-state index in [2.05, 4.69) is 25.2 Å². The van der Waals surface area contributed by atoms with Crippen LogP contribution in [-0.4, -0.2) is 12.6 Å². The Morgan fingerprint density at radius 3 is 2.42 bits per heavy atom. The van der Waals surface area contributed by atoms with Gasteiger partial charge in [0, 0.05) is 28.0 Å². The van der Waals surface area contributed by atoms with E-state index in [1.54, 1.807) is 0 Å². The maximum Gasteiger partial charge on any atom is 0.0458 e. The zero-order valence-corrected chi connectivity index (χ0v) is 13.1. The van der Waals surface area contributed by atoms with Gasteiger partial charge in [0.25, 0.3) is 0 Å². The number of halogens is 2. The van der Waals surface area contributed by atoms with Gasteiger partial charge in [0.2, 0.25) is 0 Å². The van der Waals surface area contributed by atoms with Crippen molar-refractivity contribution in [3.63, 3.8) is 0 Å². The van der Waals surface area contributed by atoms with Crippen molar-refractivity contribution in [3.05, 3.63) is 33.8 Å². The van der Waals surface area contributed by atoms with Gasteiger partial charge < -0.3 is 5.32 Å². The van der Waals surface area contributed by atoms with Crippen molar-refractivity contribution in [2.45, 2.75) is 51.0 Å². The molecular weight excluding hydrogens is 277 g/mol. The van der Waals surface area contributed by atoms with Crippen LogP contribution in [0.2, 0.25) is 10.0 Å². The first-order valence-corrected chi connectivity index (χ1v) is 7.89. The Morgan fingerprint density at radius 2 is 1.89 bits per heavy atom. The summed E-state index contributed by atoms with van der Waals surface area (Å²) >= 11 is 12.5. The molecular formula is C16H21Cl2N. The van der Waals surface area contributed by atoms with E-state index in [9.17, 15) is 0 Å². The van der Waals surface area contributed by atoms with Gasteiger partial charge in [-0.3, -0.25) is 0 Å². The van der Waals surface area contributed by atoms with Gasteiger partial charge in [-0.2, -0.15) is 0 Å². The Hall–Kier alpha value is -0.240. The molecule has 2 saturated carbocycles. The van der Waals surface area contributed by atoms with Gasteiger partial charge in [0.1, 0.15) is 0 Å². The highest BCUT2D eigenvalue weighted by atomic mass is 35.5.